The maximum atomic E-state index is 12.2. The van der Waals surface area contributed by atoms with E-state index in [0.29, 0.717) is 18.1 Å². The van der Waals surface area contributed by atoms with Crippen LogP contribution in [-0.2, 0) is 9.59 Å². The average molecular weight is 367 g/mol. The molecule has 1 rings (SSSR count). The summed E-state index contributed by atoms with van der Waals surface area (Å²) in [7, 11) is 0. The minimum atomic E-state index is -0.733. The van der Waals surface area contributed by atoms with Crippen molar-refractivity contribution in [3.63, 3.8) is 0 Å². The molecule has 1 aliphatic carbocycles. The highest BCUT2D eigenvalue weighted by molar-refractivity contribution is 5.83. The zero-order chi connectivity index (χ0) is 19.4. The molecule has 1 aliphatic rings. The van der Waals surface area contributed by atoms with Crippen molar-refractivity contribution in [2.24, 2.45) is 17.8 Å². The second-order valence-corrected chi connectivity index (χ2v) is 8.06. The number of aliphatic carboxylic acids is 1. The molecule has 26 heavy (non-hydrogen) atoms. The van der Waals surface area contributed by atoms with E-state index in [4.69, 9.17) is 5.11 Å². The largest absolute Gasteiger partial charge is 0.481 e. The lowest BCUT2D eigenvalue weighted by atomic mass is 9.89. The molecule has 2 N–H and O–H groups in total. The van der Waals surface area contributed by atoms with Crippen LogP contribution in [0.2, 0.25) is 0 Å². The van der Waals surface area contributed by atoms with Gasteiger partial charge in [-0.25, -0.2) is 0 Å². The maximum absolute atomic E-state index is 12.2. The van der Waals surface area contributed by atoms with Crippen LogP contribution in [-0.4, -0.2) is 28.1 Å². The predicted octanol–water partition coefficient (Wildman–Crippen LogP) is 5.14. The Morgan fingerprint density at radius 3 is 2.65 bits per heavy atom. The molecule has 0 spiro atoms. The van der Waals surface area contributed by atoms with Gasteiger partial charge in [-0.3, -0.25) is 9.59 Å². The highest BCUT2D eigenvalue weighted by atomic mass is 16.4. The lowest BCUT2D eigenvalue weighted by molar-refractivity contribution is -0.137. The van der Waals surface area contributed by atoms with Crippen molar-refractivity contribution in [3.05, 3.63) is 12.2 Å². The Morgan fingerprint density at radius 1 is 1.23 bits per heavy atom. The summed E-state index contributed by atoms with van der Waals surface area (Å²) >= 11 is 0. The summed E-state index contributed by atoms with van der Waals surface area (Å²) < 4.78 is 0. The first-order chi connectivity index (χ1) is 12.4. The number of hydrogen-bond donors (Lipinski definition) is 2. The van der Waals surface area contributed by atoms with Gasteiger partial charge in [-0.1, -0.05) is 64.5 Å². The topological polar surface area (TPSA) is 74.6 Å². The number of allylic oxidation sites excluding steroid dienone is 1. The van der Waals surface area contributed by atoms with Crippen LogP contribution in [0.4, 0.5) is 0 Å². The SMILES string of the molecule is CCCC[C@H](C)C[C@H](O)/C=C/[C@@H]1CCC(=O)[C@@H]1CCCCCCC(=O)O. The number of Topliss-reactive ketones (excluding diaryl/α,β-unsaturated/α-hetero) is 1. The van der Waals surface area contributed by atoms with Gasteiger partial charge in [-0.2, -0.15) is 0 Å². The van der Waals surface area contributed by atoms with Gasteiger partial charge in [0.1, 0.15) is 5.78 Å². The molecule has 0 saturated heterocycles. The fraction of sp³-hybridized carbons (Fsp3) is 0.818. The zero-order valence-electron chi connectivity index (χ0n) is 16.7. The summed E-state index contributed by atoms with van der Waals surface area (Å²) in [4.78, 5) is 22.7. The van der Waals surface area contributed by atoms with Crippen LogP contribution in [0.15, 0.2) is 12.2 Å². The van der Waals surface area contributed by atoms with E-state index in [1.165, 1.54) is 12.8 Å². The molecule has 0 unspecified atom stereocenters. The molecule has 0 radical (unpaired) electrons. The van der Waals surface area contributed by atoms with Gasteiger partial charge in [0.15, 0.2) is 0 Å². The van der Waals surface area contributed by atoms with E-state index in [2.05, 4.69) is 19.9 Å². The Bertz CT molecular complexity index is 443. The summed E-state index contributed by atoms with van der Waals surface area (Å²) in [5.74, 6) is 0.513. The van der Waals surface area contributed by atoms with Crippen LogP contribution in [0.1, 0.15) is 90.9 Å². The van der Waals surface area contributed by atoms with Crippen LogP contribution >= 0.6 is 0 Å². The summed E-state index contributed by atoms with van der Waals surface area (Å²) in [6.45, 7) is 4.38. The number of carboxylic acids is 1. The third kappa shape index (κ3) is 9.51. The number of carboxylic acid groups (broad SMARTS) is 1. The van der Waals surface area contributed by atoms with Crippen molar-refractivity contribution in [2.45, 2.75) is 97.0 Å². The number of aliphatic hydroxyl groups excluding tert-OH is 1. The van der Waals surface area contributed by atoms with E-state index in [1.807, 2.05) is 6.08 Å². The Hall–Kier alpha value is -1.16. The second kappa shape index (κ2) is 13.1. The van der Waals surface area contributed by atoms with Gasteiger partial charge in [0.25, 0.3) is 0 Å². The van der Waals surface area contributed by atoms with E-state index >= 15 is 0 Å². The van der Waals surface area contributed by atoms with E-state index in [9.17, 15) is 14.7 Å². The third-order valence-corrected chi connectivity index (χ3v) is 5.59. The molecule has 0 heterocycles. The van der Waals surface area contributed by atoms with Gasteiger partial charge in [0.2, 0.25) is 0 Å². The van der Waals surface area contributed by atoms with Crippen molar-refractivity contribution in [1.29, 1.82) is 0 Å². The molecule has 1 fully saturated rings. The molecule has 4 nitrogen and oxygen atoms in total. The summed E-state index contributed by atoms with van der Waals surface area (Å²) in [6.07, 6.45) is 14.2. The Labute approximate surface area is 159 Å². The number of carbonyl (C=O) groups excluding carboxylic acids is 1. The highest BCUT2D eigenvalue weighted by Gasteiger charge is 2.32. The Morgan fingerprint density at radius 2 is 1.96 bits per heavy atom. The monoisotopic (exact) mass is 366 g/mol. The first-order valence-electron chi connectivity index (χ1n) is 10.5. The number of aliphatic hydroxyl groups is 1. The molecule has 0 bridgehead atoms. The first kappa shape index (κ1) is 22.9. The van der Waals surface area contributed by atoms with Crippen molar-refractivity contribution in [2.75, 3.05) is 0 Å². The minimum absolute atomic E-state index is 0.0930. The molecular weight excluding hydrogens is 328 g/mol. The third-order valence-electron chi connectivity index (χ3n) is 5.59. The van der Waals surface area contributed by atoms with Gasteiger partial charge >= 0.3 is 5.97 Å². The van der Waals surface area contributed by atoms with Crippen LogP contribution in [0.25, 0.3) is 0 Å². The quantitative estimate of drug-likeness (QED) is 0.330. The zero-order valence-corrected chi connectivity index (χ0v) is 16.7. The van der Waals surface area contributed by atoms with Gasteiger partial charge in [-0.15, -0.1) is 0 Å². The van der Waals surface area contributed by atoms with Crippen LogP contribution in [0.5, 0.6) is 0 Å². The molecule has 0 amide bonds. The summed E-state index contributed by atoms with van der Waals surface area (Å²) in [6, 6.07) is 0. The molecular formula is C22H38O4. The molecule has 0 aliphatic heterocycles. The molecule has 4 atom stereocenters. The Balaban J connectivity index is 2.32. The highest BCUT2D eigenvalue weighted by Crippen LogP contribution is 2.34. The molecule has 0 aromatic heterocycles. The van der Waals surface area contributed by atoms with Crippen molar-refractivity contribution < 1.29 is 19.8 Å². The first-order valence-corrected chi connectivity index (χ1v) is 10.5. The van der Waals surface area contributed by atoms with E-state index < -0.39 is 12.1 Å². The lowest BCUT2D eigenvalue weighted by Crippen LogP contribution is -2.14. The van der Waals surface area contributed by atoms with E-state index in [0.717, 1.165) is 51.4 Å². The summed E-state index contributed by atoms with van der Waals surface area (Å²) in [5.41, 5.74) is 0. The van der Waals surface area contributed by atoms with Crippen LogP contribution in [0, 0.1) is 17.8 Å². The molecule has 150 valence electrons. The Kier molecular flexibility index (Phi) is 11.5. The van der Waals surface area contributed by atoms with Gasteiger partial charge < -0.3 is 10.2 Å². The van der Waals surface area contributed by atoms with Crippen LogP contribution < -0.4 is 0 Å². The van der Waals surface area contributed by atoms with Gasteiger partial charge in [0.05, 0.1) is 6.10 Å². The molecule has 4 heteroatoms. The van der Waals surface area contributed by atoms with Gasteiger partial charge in [0, 0.05) is 18.8 Å². The predicted molar refractivity (Wildman–Crippen MR) is 105 cm³/mol. The molecule has 0 aromatic carbocycles. The smallest absolute Gasteiger partial charge is 0.303 e. The number of ketones is 1. The van der Waals surface area contributed by atoms with Crippen molar-refractivity contribution >= 4 is 11.8 Å². The second-order valence-electron chi connectivity index (χ2n) is 8.06. The normalized spacial score (nSPS) is 22.8. The average Bonchev–Trinajstić information content (AvgIpc) is 2.94. The minimum Gasteiger partial charge on any atom is -0.481 e. The number of rotatable bonds is 14. The fourth-order valence-electron chi connectivity index (χ4n) is 3.97. The van der Waals surface area contributed by atoms with Crippen molar-refractivity contribution in [1.82, 2.24) is 0 Å². The summed E-state index contributed by atoms with van der Waals surface area (Å²) in [5, 5.41) is 18.9. The number of unbranched alkanes of at least 4 members (excludes halogenated alkanes) is 4. The van der Waals surface area contributed by atoms with E-state index in [-0.39, 0.29) is 18.3 Å². The maximum Gasteiger partial charge on any atom is 0.303 e. The number of hydrogen-bond acceptors (Lipinski definition) is 3. The lowest BCUT2D eigenvalue weighted by Gasteiger charge is -2.17. The van der Waals surface area contributed by atoms with Gasteiger partial charge in [-0.05, 0) is 37.5 Å². The van der Waals surface area contributed by atoms with Crippen LogP contribution in [0.3, 0.4) is 0 Å². The standard InChI is InChI=1S/C22H38O4/c1-3-4-9-17(2)16-19(23)14-12-18-13-15-21(24)20(18)10-7-5-6-8-11-22(25)26/h12,14,17-20,23H,3-11,13,15-16H2,1-2H3,(H,25,26)/b14-12+/t17-,18+,19+,20+/m0/s1. The molecule has 1 saturated carbocycles. The van der Waals surface area contributed by atoms with E-state index in [1.54, 1.807) is 0 Å². The number of carbonyl (C=O) groups is 2. The van der Waals surface area contributed by atoms with Crippen molar-refractivity contribution in [3.8, 4) is 0 Å². The molecule has 0 aromatic rings. The fourth-order valence-corrected chi connectivity index (χ4v) is 3.97.